The summed E-state index contributed by atoms with van der Waals surface area (Å²) < 4.78 is 4.88. The minimum Gasteiger partial charge on any atom is -0.466 e. The summed E-state index contributed by atoms with van der Waals surface area (Å²) in [5.41, 5.74) is 1.79. The number of nitrogens with zero attached hydrogens (tertiary/aromatic N) is 2. The van der Waals surface area contributed by atoms with Crippen LogP contribution in [0.25, 0.3) is 0 Å². The molecule has 2 heterocycles. The maximum atomic E-state index is 11.2. The highest BCUT2D eigenvalue weighted by Crippen LogP contribution is 2.20. The third-order valence-corrected chi connectivity index (χ3v) is 3.16. The molecule has 0 saturated carbocycles. The lowest BCUT2D eigenvalue weighted by molar-refractivity contribution is -0.143. The fraction of sp³-hybridized carbons (Fsp3) is 0.308. The molecule has 19 heavy (non-hydrogen) atoms. The molecule has 1 N–H and O–H groups in total. The lowest BCUT2D eigenvalue weighted by Crippen LogP contribution is -2.05. The number of aryl methyl sites for hydroxylation is 1. The van der Waals surface area contributed by atoms with E-state index in [2.05, 4.69) is 15.3 Å². The first kappa shape index (κ1) is 13.5. The number of anilines is 2. The Morgan fingerprint density at radius 2 is 2.42 bits per heavy atom. The van der Waals surface area contributed by atoms with Crippen LogP contribution in [0.4, 0.5) is 10.8 Å². The van der Waals surface area contributed by atoms with Crippen LogP contribution in [0, 0.1) is 0 Å². The summed E-state index contributed by atoms with van der Waals surface area (Å²) in [5, 5.41) is 5.91. The molecule has 100 valence electrons. The Hall–Kier alpha value is -1.95. The molecule has 0 bridgehead atoms. The summed E-state index contributed by atoms with van der Waals surface area (Å²) in [6.07, 6.45) is 4.42. The Bertz CT molecular complexity index is 528. The highest BCUT2D eigenvalue weighted by molar-refractivity contribution is 7.13. The number of hydrogen-bond donors (Lipinski definition) is 1. The van der Waals surface area contributed by atoms with Crippen molar-refractivity contribution in [1.29, 1.82) is 0 Å². The van der Waals surface area contributed by atoms with E-state index in [0.29, 0.717) is 19.4 Å². The van der Waals surface area contributed by atoms with Crippen LogP contribution in [0.5, 0.6) is 0 Å². The van der Waals surface area contributed by atoms with E-state index in [1.165, 1.54) is 11.3 Å². The Balaban J connectivity index is 1.87. The number of ether oxygens (including phenoxy) is 1. The van der Waals surface area contributed by atoms with Gasteiger partial charge in [0.15, 0.2) is 5.13 Å². The zero-order valence-electron chi connectivity index (χ0n) is 10.6. The van der Waals surface area contributed by atoms with Crippen LogP contribution < -0.4 is 5.32 Å². The first-order valence-electron chi connectivity index (χ1n) is 6.05. The van der Waals surface area contributed by atoms with Gasteiger partial charge in [-0.3, -0.25) is 9.78 Å². The van der Waals surface area contributed by atoms with Gasteiger partial charge in [0.1, 0.15) is 0 Å². The van der Waals surface area contributed by atoms with Crippen molar-refractivity contribution in [2.75, 3.05) is 11.9 Å². The van der Waals surface area contributed by atoms with E-state index in [-0.39, 0.29) is 5.97 Å². The Labute approximate surface area is 115 Å². The van der Waals surface area contributed by atoms with Gasteiger partial charge in [0.2, 0.25) is 0 Å². The predicted octanol–water partition coefficient (Wildman–Crippen LogP) is 2.78. The number of nitrogens with one attached hydrogen (secondary N) is 1. The molecule has 6 heteroatoms. The number of hydrogen-bond acceptors (Lipinski definition) is 6. The molecule has 0 aliphatic rings. The van der Waals surface area contributed by atoms with Crippen LogP contribution in [-0.2, 0) is 16.0 Å². The SMILES string of the molecule is CCOC(=O)CCc1csc(Nc2cccnc2)n1. The van der Waals surface area contributed by atoms with Crippen molar-refractivity contribution >= 4 is 28.1 Å². The molecule has 2 rings (SSSR count). The van der Waals surface area contributed by atoms with Gasteiger partial charge in [0.05, 0.1) is 30.6 Å². The van der Waals surface area contributed by atoms with E-state index >= 15 is 0 Å². The molecule has 0 saturated heterocycles. The average molecular weight is 277 g/mol. The summed E-state index contributed by atoms with van der Waals surface area (Å²) >= 11 is 1.51. The standard InChI is InChI=1S/C13H15N3O2S/c1-2-18-12(17)6-5-11-9-19-13(16-11)15-10-4-3-7-14-8-10/h3-4,7-9H,2,5-6H2,1H3,(H,15,16). The van der Waals surface area contributed by atoms with Crippen LogP contribution in [-0.4, -0.2) is 22.5 Å². The maximum absolute atomic E-state index is 11.2. The van der Waals surface area contributed by atoms with E-state index in [9.17, 15) is 4.79 Å². The molecule has 0 unspecified atom stereocenters. The van der Waals surface area contributed by atoms with Gasteiger partial charge in [0, 0.05) is 18.0 Å². The quantitative estimate of drug-likeness (QED) is 0.822. The van der Waals surface area contributed by atoms with Gasteiger partial charge in [-0.15, -0.1) is 11.3 Å². The zero-order chi connectivity index (χ0) is 13.5. The number of carbonyl (C=O) groups is 1. The van der Waals surface area contributed by atoms with Crippen molar-refractivity contribution in [3.8, 4) is 0 Å². The van der Waals surface area contributed by atoms with E-state index in [0.717, 1.165) is 16.5 Å². The molecule has 2 aromatic heterocycles. The third kappa shape index (κ3) is 4.33. The predicted molar refractivity (Wildman–Crippen MR) is 74.6 cm³/mol. The molecule has 0 radical (unpaired) electrons. The average Bonchev–Trinajstić information content (AvgIpc) is 2.86. The van der Waals surface area contributed by atoms with Crippen molar-refractivity contribution in [2.24, 2.45) is 0 Å². The summed E-state index contributed by atoms with van der Waals surface area (Å²) in [5.74, 6) is -0.183. The molecule has 0 aliphatic heterocycles. The van der Waals surface area contributed by atoms with Crippen LogP contribution in [0.15, 0.2) is 29.9 Å². The van der Waals surface area contributed by atoms with Gasteiger partial charge in [-0.2, -0.15) is 0 Å². The molecule has 0 aromatic carbocycles. The number of carbonyl (C=O) groups excluding carboxylic acids is 1. The summed E-state index contributed by atoms with van der Waals surface area (Å²) in [6, 6.07) is 3.78. The minimum absolute atomic E-state index is 0.183. The van der Waals surface area contributed by atoms with Crippen molar-refractivity contribution in [3.63, 3.8) is 0 Å². The number of pyridine rings is 1. The Morgan fingerprint density at radius 1 is 1.53 bits per heavy atom. The number of rotatable bonds is 6. The van der Waals surface area contributed by atoms with E-state index in [4.69, 9.17) is 4.74 Å². The molecular weight excluding hydrogens is 262 g/mol. The van der Waals surface area contributed by atoms with Gasteiger partial charge in [-0.1, -0.05) is 0 Å². The molecular formula is C13H15N3O2S. The van der Waals surface area contributed by atoms with E-state index in [1.807, 2.05) is 17.5 Å². The summed E-state index contributed by atoms with van der Waals surface area (Å²) in [6.45, 7) is 2.22. The second kappa shape index (κ2) is 6.84. The minimum atomic E-state index is -0.183. The van der Waals surface area contributed by atoms with Crippen molar-refractivity contribution in [1.82, 2.24) is 9.97 Å². The number of esters is 1. The normalized spacial score (nSPS) is 10.2. The van der Waals surface area contributed by atoms with Gasteiger partial charge < -0.3 is 10.1 Å². The second-order valence-corrected chi connectivity index (χ2v) is 4.67. The first-order valence-corrected chi connectivity index (χ1v) is 6.93. The first-order chi connectivity index (χ1) is 9.28. The number of aromatic nitrogens is 2. The summed E-state index contributed by atoms with van der Waals surface area (Å²) in [7, 11) is 0. The second-order valence-electron chi connectivity index (χ2n) is 3.82. The van der Waals surface area contributed by atoms with Gasteiger partial charge >= 0.3 is 5.97 Å². The lowest BCUT2D eigenvalue weighted by Gasteiger charge is -2.00. The monoisotopic (exact) mass is 277 g/mol. The molecule has 0 amide bonds. The Morgan fingerprint density at radius 3 is 3.16 bits per heavy atom. The fourth-order valence-electron chi connectivity index (χ4n) is 1.50. The maximum Gasteiger partial charge on any atom is 0.306 e. The smallest absolute Gasteiger partial charge is 0.306 e. The number of thiazole rings is 1. The Kier molecular flexibility index (Phi) is 4.85. The molecule has 2 aromatic rings. The van der Waals surface area contributed by atoms with Crippen LogP contribution in [0.3, 0.4) is 0 Å². The van der Waals surface area contributed by atoms with Crippen LogP contribution >= 0.6 is 11.3 Å². The fourth-order valence-corrected chi connectivity index (χ4v) is 2.27. The van der Waals surface area contributed by atoms with E-state index < -0.39 is 0 Å². The van der Waals surface area contributed by atoms with Crippen molar-refractivity contribution < 1.29 is 9.53 Å². The van der Waals surface area contributed by atoms with E-state index in [1.54, 1.807) is 19.3 Å². The van der Waals surface area contributed by atoms with Gasteiger partial charge in [-0.25, -0.2) is 4.98 Å². The highest BCUT2D eigenvalue weighted by atomic mass is 32.1. The molecule has 0 aliphatic carbocycles. The van der Waals surface area contributed by atoms with Crippen LogP contribution in [0.1, 0.15) is 19.0 Å². The zero-order valence-corrected chi connectivity index (χ0v) is 11.4. The van der Waals surface area contributed by atoms with Gasteiger partial charge in [0.25, 0.3) is 0 Å². The summed E-state index contributed by atoms with van der Waals surface area (Å²) in [4.78, 5) is 19.7. The molecule has 0 atom stereocenters. The van der Waals surface area contributed by atoms with Crippen molar-refractivity contribution in [3.05, 3.63) is 35.6 Å². The van der Waals surface area contributed by atoms with Crippen molar-refractivity contribution in [2.45, 2.75) is 19.8 Å². The van der Waals surface area contributed by atoms with Gasteiger partial charge in [-0.05, 0) is 19.1 Å². The molecule has 5 nitrogen and oxygen atoms in total. The largest absolute Gasteiger partial charge is 0.466 e. The molecule has 0 fully saturated rings. The highest BCUT2D eigenvalue weighted by Gasteiger charge is 2.06. The topological polar surface area (TPSA) is 64.1 Å². The van der Waals surface area contributed by atoms with Crippen LogP contribution in [0.2, 0.25) is 0 Å². The molecule has 0 spiro atoms. The third-order valence-electron chi connectivity index (χ3n) is 2.36. The lowest BCUT2D eigenvalue weighted by atomic mass is 10.2.